The number of carbonyl (C=O) groups is 1. The second-order valence-corrected chi connectivity index (χ2v) is 5.57. The third kappa shape index (κ3) is 2.15. The summed E-state index contributed by atoms with van der Waals surface area (Å²) in [5.41, 5.74) is 4.20. The highest BCUT2D eigenvalue weighted by atomic mass is 16.1. The fourth-order valence-corrected chi connectivity index (χ4v) is 3.06. The van der Waals surface area contributed by atoms with E-state index < -0.39 is 0 Å². The molecule has 5 heteroatoms. The number of fused-ring (bicyclic) bond motifs is 2. The number of nitrogens with one attached hydrogen (secondary N) is 2. The highest BCUT2D eigenvalue weighted by molar-refractivity contribution is 6.08. The normalized spacial score (nSPS) is 13.8. The van der Waals surface area contributed by atoms with Crippen LogP contribution in [-0.2, 0) is 12.8 Å². The number of H-pyrrole nitrogens is 1. The second kappa shape index (κ2) is 5.26. The molecule has 1 aromatic carbocycles. The van der Waals surface area contributed by atoms with Gasteiger partial charge in [0.05, 0.1) is 11.2 Å². The van der Waals surface area contributed by atoms with E-state index in [1.165, 1.54) is 0 Å². The van der Waals surface area contributed by atoms with E-state index in [1.807, 2.05) is 30.3 Å². The van der Waals surface area contributed by atoms with E-state index in [-0.39, 0.29) is 5.91 Å². The van der Waals surface area contributed by atoms with Crippen LogP contribution in [0.5, 0.6) is 0 Å². The van der Waals surface area contributed by atoms with Gasteiger partial charge in [-0.3, -0.25) is 14.9 Å². The minimum absolute atomic E-state index is 0.169. The van der Waals surface area contributed by atoms with Crippen molar-refractivity contribution in [2.24, 2.45) is 0 Å². The van der Waals surface area contributed by atoms with Crippen molar-refractivity contribution in [3.63, 3.8) is 0 Å². The van der Waals surface area contributed by atoms with Gasteiger partial charge in [0.25, 0.3) is 5.91 Å². The number of aromatic nitrogens is 3. The van der Waals surface area contributed by atoms with Crippen LogP contribution >= 0.6 is 0 Å². The van der Waals surface area contributed by atoms with E-state index in [1.54, 1.807) is 6.20 Å². The Morgan fingerprint density at radius 3 is 2.95 bits per heavy atom. The van der Waals surface area contributed by atoms with Crippen LogP contribution in [0, 0.1) is 0 Å². The maximum absolute atomic E-state index is 12.6. The highest BCUT2D eigenvalue weighted by Crippen LogP contribution is 2.25. The Balaban J connectivity index is 1.68. The van der Waals surface area contributed by atoms with Crippen molar-refractivity contribution in [3.05, 3.63) is 53.5 Å². The summed E-state index contributed by atoms with van der Waals surface area (Å²) in [5.74, 6) is -0.169. The van der Waals surface area contributed by atoms with E-state index in [0.717, 1.165) is 53.5 Å². The molecule has 0 atom stereocenters. The van der Waals surface area contributed by atoms with Crippen LogP contribution in [0.2, 0.25) is 0 Å². The SMILES string of the molecule is O=C(Nc1cccc2cccnc12)c1n[nH]c2c1CCCC2. The van der Waals surface area contributed by atoms with Gasteiger partial charge in [0.15, 0.2) is 5.69 Å². The average Bonchev–Trinajstić information content (AvgIpc) is 2.99. The summed E-state index contributed by atoms with van der Waals surface area (Å²) in [4.78, 5) is 16.9. The number of rotatable bonds is 2. The van der Waals surface area contributed by atoms with Gasteiger partial charge in [0.2, 0.25) is 0 Å². The number of para-hydroxylation sites is 1. The van der Waals surface area contributed by atoms with Crippen molar-refractivity contribution in [2.75, 3.05) is 5.32 Å². The van der Waals surface area contributed by atoms with E-state index in [0.29, 0.717) is 5.69 Å². The number of carbonyl (C=O) groups excluding carboxylic acids is 1. The Bertz CT molecular complexity index is 847. The van der Waals surface area contributed by atoms with Crippen molar-refractivity contribution in [3.8, 4) is 0 Å². The Morgan fingerprint density at radius 2 is 2.00 bits per heavy atom. The second-order valence-electron chi connectivity index (χ2n) is 5.57. The molecule has 0 aliphatic heterocycles. The van der Waals surface area contributed by atoms with Crippen LogP contribution in [0.15, 0.2) is 36.5 Å². The molecule has 1 aliphatic carbocycles. The number of aryl methyl sites for hydroxylation is 1. The molecule has 5 nitrogen and oxygen atoms in total. The molecule has 3 aromatic rings. The van der Waals surface area contributed by atoms with Crippen LogP contribution in [0.4, 0.5) is 5.69 Å². The predicted octanol–water partition coefficient (Wildman–Crippen LogP) is 3.09. The first-order valence-corrected chi connectivity index (χ1v) is 7.54. The van der Waals surface area contributed by atoms with Gasteiger partial charge in [-0.1, -0.05) is 18.2 Å². The lowest BCUT2D eigenvalue weighted by molar-refractivity contribution is 0.102. The lowest BCUT2D eigenvalue weighted by atomic mass is 9.96. The molecule has 1 aliphatic rings. The lowest BCUT2D eigenvalue weighted by Crippen LogP contribution is -2.16. The summed E-state index contributed by atoms with van der Waals surface area (Å²) < 4.78 is 0. The molecule has 0 unspecified atom stereocenters. The van der Waals surface area contributed by atoms with Crippen LogP contribution in [0.1, 0.15) is 34.6 Å². The van der Waals surface area contributed by atoms with Crippen LogP contribution in [-0.4, -0.2) is 21.1 Å². The van der Waals surface area contributed by atoms with Gasteiger partial charge in [0, 0.05) is 22.8 Å². The zero-order valence-electron chi connectivity index (χ0n) is 12.1. The van der Waals surface area contributed by atoms with Crippen LogP contribution in [0.3, 0.4) is 0 Å². The fraction of sp³-hybridized carbons (Fsp3) is 0.235. The number of anilines is 1. The maximum atomic E-state index is 12.6. The van der Waals surface area contributed by atoms with Gasteiger partial charge in [-0.25, -0.2) is 0 Å². The van der Waals surface area contributed by atoms with E-state index in [2.05, 4.69) is 20.5 Å². The zero-order valence-corrected chi connectivity index (χ0v) is 12.1. The summed E-state index contributed by atoms with van der Waals surface area (Å²) in [6, 6.07) is 9.63. The fourth-order valence-electron chi connectivity index (χ4n) is 3.06. The highest BCUT2D eigenvalue weighted by Gasteiger charge is 2.22. The van der Waals surface area contributed by atoms with Gasteiger partial charge in [-0.05, 0) is 37.8 Å². The average molecular weight is 292 g/mol. The van der Waals surface area contributed by atoms with Gasteiger partial charge in [-0.15, -0.1) is 0 Å². The van der Waals surface area contributed by atoms with Crippen molar-refractivity contribution in [1.29, 1.82) is 0 Å². The third-order valence-electron chi connectivity index (χ3n) is 4.15. The van der Waals surface area contributed by atoms with Gasteiger partial charge in [0.1, 0.15) is 0 Å². The molecule has 1 amide bonds. The summed E-state index contributed by atoms with van der Waals surface area (Å²) in [6.45, 7) is 0. The van der Waals surface area contributed by atoms with Crippen molar-refractivity contribution < 1.29 is 4.79 Å². The molecule has 0 radical (unpaired) electrons. The Morgan fingerprint density at radius 1 is 1.14 bits per heavy atom. The molecule has 2 N–H and O–H groups in total. The topological polar surface area (TPSA) is 70.7 Å². The molecule has 110 valence electrons. The first kappa shape index (κ1) is 13.0. The lowest BCUT2D eigenvalue weighted by Gasteiger charge is -2.11. The first-order chi connectivity index (χ1) is 10.8. The first-order valence-electron chi connectivity index (χ1n) is 7.54. The third-order valence-corrected chi connectivity index (χ3v) is 4.15. The van der Waals surface area contributed by atoms with Gasteiger partial charge >= 0.3 is 0 Å². The van der Waals surface area contributed by atoms with Gasteiger partial charge in [-0.2, -0.15) is 5.10 Å². The monoisotopic (exact) mass is 292 g/mol. The number of nitrogens with zero attached hydrogens (tertiary/aromatic N) is 2. The van der Waals surface area contributed by atoms with Crippen molar-refractivity contribution in [1.82, 2.24) is 15.2 Å². The summed E-state index contributed by atoms with van der Waals surface area (Å²) in [5, 5.41) is 11.2. The van der Waals surface area contributed by atoms with Gasteiger partial charge < -0.3 is 5.32 Å². The molecular weight excluding hydrogens is 276 g/mol. The molecule has 2 aromatic heterocycles. The number of hydrogen-bond donors (Lipinski definition) is 2. The smallest absolute Gasteiger partial charge is 0.276 e. The molecular formula is C17H16N4O. The number of pyridine rings is 1. The largest absolute Gasteiger partial charge is 0.319 e. The molecule has 2 heterocycles. The Kier molecular flexibility index (Phi) is 3.11. The van der Waals surface area contributed by atoms with Crippen molar-refractivity contribution in [2.45, 2.75) is 25.7 Å². The van der Waals surface area contributed by atoms with Crippen molar-refractivity contribution >= 4 is 22.5 Å². The summed E-state index contributed by atoms with van der Waals surface area (Å²) >= 11 is 0. The molecule has 0 saturated heterocycles. The number of hydrogen-bond acceptors (Lipinski definition) is 3. The Hall–Kier alpha value is -2.69. The Labute approximate surface area is 127 Å². The maximum Gasteiger partial charge on any atom is 0.276 e. The van der Waals surface area contributed by atoms with Crippen LogP contribution < -0.4 is 5.32 Å². The molecule has 0 bridgehead atoms. The minimum Gasteiger partial charge on any atom is -0.319 e. The molecule has 0 spiro atoms. The zero-order chi connectivity index (χ0) is 14.9. The predicted molar refractivity (Wildman–Crippen MR) is 84.9 cm³/mol. The number of aromatic amines is 1. The number of amides is 1. The van der Waals surface area contributed by atoms with E-state index in [4.69, 9.17) is 0 Å². The van der Waals surface area contributed by atoms with E-state index >= 15 is 0 Å². The molecule has 0 saturated carbocycles. The number of benzene rings is 1. The molecule has 0 fully saturated rings. The summed E-state index contributed by atoms with van der Waals surface area (Å²) in [6.07, 6.45) is 5.90. The standard InChI is InChI=1S/C17H16N4O/c22-17(16-12-7-1-2-8-13(12)20-21-16)19-14-9-3-5-11-6-4-10-18-15(11)14/h3-6,9-10H,1-2,7-8H2,(H,19,22)(H,20,21). The quantitative estimate of drug-likeness (QED) is 0.762. The molecule has 22 heavy (non-hydrogen) atoms. The van der Waals surface area contributed by atoms with Crippen LogP contribution in [0.25, 0.3) is 10.9 Å². The molecule has 4 rings (SSSR count). The summed E-state index contributed by atoms with van der Waals surface area (Å²) in [7, 11) is 0. The minimum atomic E-state index is -0.169. The van der Waals surface area contributed by atoms with E-state index in [9.17, 15) is 4.79 Å².